The molecule has 2 N–H and O–H groups in total. The van der Waals surface area contributed by atoms with Gasteiger partial charge in [-0.1, -0.05) is 27.7 Å². The largest absolute Gasteiger partial charge is 0.323 e. The van der Waals surface area contributed by atoms with Crippen molar-refractivity contribution in [3.63, 3.8) is 0 Å². The standard InChI is InChI=1S/2C2H7N.2C2H6.2ClH/c2*1-3-2;2*1-2;;/h2*3H,1-2H3;2*1-2H3;2*1H. The summed E-state index contributed by atoms with van der Waals surface area (Å²) in [6, 6.07) is 0. The zero-order valence-electron chi connectivity index (χ0n) is 9.82. The van der Waals surface area contributed by atoms with E-state index in [2.05, 4.69) is 10.6 Å². The average Bonchev–Trinajstić information content (AvgIpc) is 1.99. The maximum atomic E-state index is 2.75. The first kappa shape index (κ1) is 39.1. The topological polar surface area (TPSA) is 24.1 Å². The molecule has 0 aromatic carbocycles. The fraction of sp³-hybridized carbons (Fsp3) is 1.00. The fourth-order valence-electron chi connectivity index (χ4n) is 0. The summed E-state index contributed by atoms with van der Waals surface area (Å²) in [4.78, 5) is 0. The van der Waals surface area contributed by atoms with Crippen molar-refractivity contribution < 1.29 is 0 Å². The Kier molecular flexibility index (Phi) is 661. The quantitative estimate of drug-likeness (QED) is 0.659. The van der Waals surface area contributed by atoms with E-state index in [1.54, 1.807) is 0 Å². The molecule has 0 aliphatic heterocycles. The summed E-state index contributed by atoms with van der Waals surface area (Å²) in [5, 5.41) is 5.50. The van der Waals surface area contributed by atoms with Crippen LogP contribution in [0.1, 0.15) is 27.7 Å². The number of rotatable bonds is 0. The summed E-state index contributed by atoms with van der Waals surface area (Å²) in [5.74, 6) is 0. The first-order chi connectivity index (χ1) is 4.83. The van der Waals surface area contributed by atoms with Crippen LogP contribution in [0.25, 0.3) is 0 Å². The third kappa shape index (κ3) is 3790. The van der Waals surface area contributed by atoms with E-state index < -0.39 is 0 Å². The van der Waals surface area contributed by atoms with Gasteiger partial charge in [-0.3, -0.25) is 0 Å². The minimum absolute atomic E-state index is 0. The van der Waals surface area contributed by atoms with E-state index >= 15 is 0 Å². The smallest absolute Gasteiger partial charge is 0.0167 e. The Hall–Kier alpha value is 0.500. The summed E-state index contributed by atoms with van der Waals surface area (Å²) >= 11 is 0. The van der Waals surface area contributed by atoms with Gasteiger partial charge in [0, 0.05) is 0 Å². The molecule has 4 heteroatoms. The van der Waals surface area contributed by atoms with Crippen LogP contribution in [-0.2, 0) is 0 Å². The van der Waals surface area contributed by atoms with Gasteiger partial charge in [0.05, 0.1) is 0 Å². The molecule has 0 aromatic rings. The maximum absolute atomic E-state index is 2.75. The molecule has 0 atom stereocenters. The number of nitrogens with one attached hydrogen (secondary N) is 2. The second kappa shape index (κ2) is 203. The predicted molar refractivity (Wildman–Crippen MR) is 67.2 cm³/mol. The van der Waals surface area contributed by atoms with E-state index in [-0.39, 0.29) is 24.8 Å². The molecule has 0 rings (SSSR count). The molecule has 0 heterocycles. The van der Waals surface area contributed by atoms with Gasteiger partial charge < -0.3 is 10.6 Å². The van der Waals surface area contributed by atoms with Crippen molar-refractivity contribution in [1.29, 1.82) is 0 Å². The van der Waals surface area contributed by atoms with Gasteiger partial charge in [-0.05, 0) is 28.2 Å². The number of hydrogen-bond acceptors (Lipinski definition) is 2. The molecule has 84 valence electrons. The minimum Gasteiger partial charge on any atom is -0.323 e. The Morgan fingerprint density at radius 2 is 0.500 bits per heavy atom. The van der Waals surface area contributed by atoms with Gasteiger partial charge in [0.2, 0.25) is 0 Å². The van der Waals surface area contributed by atoms with Gasteiger partial charge in [-0.15, -0.1) is 24.8 Å². The van der Waals surface area contributed by atoms with Crippen LogP contribution >= 0.6 is 24.8 Å². The van der Waals surface area contributed by atoms with Gasteiger partial charge in [0.25, 0.3) is 0 Å². The zero-order valence-corrected chi connectivity index (χ0v) is 11.4. The summed E-state index contributed by atoms with van der Waals surface area (Å²) < 4.78 is 0. The van der Waals surface area contributed by atoms with Crippen LogP contribution in [0.3, 0.4) is 0 Å². The lowest BCUT2D eigenvalue weighted by Crippen LogP contribution is -1.89. The average molecular weight is 223 g/mol. The number of halogens is 2. The molecule has 2 nitrogen and oxygen atoms in total. The van der Waals surface area contributed by atoms with E-state index in [4.69, 9.17) is 0 Å². The Morgan fingerprint density at radius 1 is 0.500 bits per heavy atom. The van der Waals surface area contributed by atoms with E-state index in [1.165, 1.54) is 0 Å². The Bertz CT molecular complexity index is 17.0. The molecule has 0 aliphatic carbocycles. The lowest BCUT2D eigenvalue weighted by molar-refractivity contribution is 1.02. The molecule has 0 saturated carbocycles. The van der Waals surface area contributed by atoms with Crippen LogP contribution in [0.15, 0.2) is 0 Å². The van der Waals surface area contributed by atoms with E-state index in [0.717, 1.165) is 0 Å². The summed E-state index contributed by atoms with van der Waals surface area (Å²) in [6.07, 6.45) is 0. The molecule has 0 spiro atoms. The number of hydrogen-bond donors (Lipinski definition) is 2. The van der Waals surface area contributed by atoms with Crippen molar-refractivity contribution in [2.45, 2.75) is 27.7 Å². The highest BCUT2D eigenvalue weighted by Gasteiger charge is 1.26. The van der Waals surface area contributed by atoms with Crippen molar-refractivity contribution in [3.05, 3.63) is 0 Å². The van der Waals surface area contributed by atoms with Gasteiger partial charge in [0.15, 0.2) is 0 Å². The van der Waals surface area contributed by atoms with Gasteiger partial charge in [0.1, 0.15) is 0 Å². The highest BCUT2D eigenvalue weighted by atomic mass is 35.5. The molecule has 12 heavy (non-hydrogen) atoms. The highest BCUT2D eigenvalue weighted by molar-refractivity contribution is 5.85. The van der Waals surface area contributed by atoms with Crippen LogP contribution < -0.4 is 10.6 Å². The minimum atomic E-state index is 0. The van der Waals surface area contributed by atoms with Crippen LogP contribution in [0.2, 0.25) is 0 Å². The van der Waals surface area contributed by atoms with Crippen LogP contribution in [0.4, 0.5) is 0 Å². The molecule has 0 radical (unpaired) electrons. The second-order valence-corrected chi connectivity index (χ2v) is 1.00. The Labute approximate surface area is 91.7 Å². The molecular weight excluding hydrogens is 195 g/mol. The Balaban J connectivity index is -0.00000000967. The van der Waals surface area contributed by atoms with Crippen molar-refractivity contribution in [3.8, 4) is 0 Å². The van der Waals surface area contributed by atoms with E-state index in [1.807, 2.05) is 55.9 Å². The molecular formula is C8H28Cl2N2. The van der Waals surface area contributed by atoms with Crippen LogP contribution in [0, 0.1) is 0 Å². The first-order valence-corrected chi connectivity index (χ1v) is 4.00. The molecule has 0 aromatic heterocycles. The fourth-order valence-corrected chi connectivity index (χ4v) is 0. The van der Waals surface area contributed by atoms with Crippen molar-refractivity contribution in [2.75, 3.05) is 28.2 Å². The summed E-state index contributed by atoms with van der Waals surface area (Å²) in [5.41, 5.74) is 0. The van der Waals surface area contributed by atoms with Crippen LogP contribution in [-0.4, -0.2) is 28.2 Å². The highest BCUT2D eigenvalue weighted by Crippen LogP contribution is 1.15. The van der Waals surface area contributed by atoms with Crippen molar-refractivity contribution in [1.82, 2.24) is 10.6 Å². The van der Waals surface area contributed by atoms with E-state index in [9.17, 15) is 0 Å². The second-order valence-electron chi connectivity index (χ2n) is 1.00. The van der Waals surface area contributed by atoms with Gasteiger partial charge >= 0.3 is 0 Å². The SMILES string of the molecule is CC.CC.CNC.CNC.Cl.Cl. The summed E-state index contributed by atoms with van der Waals surface area (Å²) in [7, 11) is 7.50. The van der Waals surface area contributed by atoms with Crippen LogP contribution in [0.5, 0.6) is 0 Å². The molecule has 0 aliphatic rings. The third-order valence-corrected chi connectivity index (χ3v) is 0. The molecule has 0 fully saturated rings. The predicted octanol–water partition coefficient (Wildman–Crippen LogP) is 2.57. The molecule has 0 unspecified atom stereocenters. The first-order valence-electron chi connectivity index (χ1n) is 4.00. The normalized spacial score (nSPS) is 4.00. The van der Waals surface area contributed by atoms with Gasteiger partial charge in [-0.2, -0.15) is 0 Å². The lowest BCUT2D eigenvalue weighted by Gasteiger charge is -1.59. The molecule has 0 amide bonds. The van der Waals surface area contributed by atoms with Crippen molar-refractivity contribution in [2.24, 2.45) is 0 Å². The maximum Gasteiger partial charge on any atom is -0.0167 e. The molecule has 0 saturated heterocycles. The third-order valence-electron chi connectivity index (χ3n) is 0. The van der Waals surface area contributed by atoms with E-state index in [0.29, 0.717) is 0 Å². The summed E-state index contributed by atoms with van der Waals surface area (Å²) in [6.45, 7) is 8.00. The van der Waals surface area contributed by atoms with Gasteiger partial charge in [-0.25, -0.2) is 0 Å². The monoisotopic (exact) mass is 222 g/mol. The molecule has 0 bridgehead atoms. The Morgan fingerprint density at radius 3 is 0.500 bits per heavy atom. The zero-order chi connectivity index (χ0) is 9.41. The van der Waals surface area contributed by atoms with Crippen molar-refractivity contribution >= 4 is 24.8 Å². The lowest BCUT2D eigenvalue weighted by atomic mass is 11.0.